The summed E-state index contributed by atoms with van der Waals surface area (Å²) >= 11 is 0. The Labute approximate surface area is 185 Å². The van der Waals surface area contributed by atoms with Gasteiger partial charge in [0.15, 0.2) is 5.65 Å². The molecule has 0 radical (unpaired) electrons. The standard InChI is InChI=1S/C22H26N6O4/c1-22(2,3)32-21(30)27-10-8-15(9-11-27)28-19-17(12-26-28)20(25-13-24-19)31-16-6-4-14(5-7-16)18(23)29/h4-7,12-13,15H,8-11H2,1-3H3,(H2,23,29). The average Bonchev–Trinajstić information content (AvgIpc) is 3.18. The molecule has 1 aromatic carbocycles. The van der Waals surface area contributed by atoms with Crippen LogP contribution in [0.15, 0.2) is 36.8 Å². The zero-order chi connectivity index (χ0) is 22.9. The van der Waals surface area contributed by atoms with Crippen LogP contribution in [0.2, 0.25) is 0 Å². The molecule has 3 aromatic rings. The van der Waals surface area contributed by atoms with Crippen LogP contribution in [0.1, 0.15) is 50.0 Å². The number of ether oxygens (including phenoxy) is 2. The molecule has 2 amide bonds. The maximum atomic E-state index is 12.3. The van der Waals surface area contributed by atoms with Gasteiger partial charge in [0.1, 0.15) is 23.1 Å². The van der Waals surface area contributed by atoms with Crippen LogP contribution in [0.4, 0.5) is 4.79 Å². The number of nitrogens with two attached hydrogens (primary N) is 1. The van der Waals surface area contributed by atoms with Gasteiger partial charge < -0.3 is 20.1 Å². The summed E-state index contributed by atoms with van der Waals surface area (Å²) in [4.78, 5) is 33.9. The summed E-state index contributed by atoms with van der Waals surface area (Å²) in [5, 5.41) is 5.21. The number of amides is 2. The maximum Gasteiger partial charge on any atom is 0.410 e. The van der Waals surface area contributed by atoms with Crippen molar-refractivity contribution in [1.82, 2.24) is 24.6 Å². The lowest BCUT2D eigenvalue weighted by atomic mass is 10.1. The molecule has 1 fully saturated rings. The van der Waals surface area contributed by atoms with Gasteiger partial charge in [-0.2, -0.15) is 5.10 Å². The molecule has 168 valence electrons. The van der Waals surface area contributed by atoms with Crippen molar-refractivity contribution in [3.63, 3.8) is 0 Å². The normalized spacial score (nSPS) is 15.0. The largest absolute Gasteiger partial charge is 0.444 e. The van der Waals surface area contributed by atoms with Crippen LogP contribution in [-0.4, -0.2) is 55.3 Å². The minimum absolute atomic E-state index is 0.101. The van der Waals surface area contributed by atoms with E-state index in [2.05, 4.69) is 15.1 Å². The third kappa shape index (κ3) is 4.63. The smallest absolute Gasteiger partial charge is 0.410 e. The lowest BCUT2D eigenvalue weighted by molar-refractivity contribution is 0.0186. The van der Waals surface area contributed by atoms with Crippen molar-refractivity contribution >= 4 is 23.0 Å². The highest BCUT2D eigenvalue weighted by atomic mass is 16.6. The van der Waals surface area contributed by atoms with Crippen molar-refractivity contribution in [3.05, 3.63) is 42.4 Å². The zero-order valence-corrected chi connectivity index (χ0v) is 18.3. The molecule has 0 atom stereocenters. The molecule has 0 saturated carbocycles. The van der Waals surface area contributed by atoms with Crippen LogP contribution in [-0.2, 0) is 4.74 Å². The molecule has 0 aliphatic carbocycles. The van der Waals surface area contributed by atoms with Crippen molar-refractivity contribution < 1.29 is 19.1 Å². The molecule has 0 bridgehead atoms. The molecule has 0 spiro atoms. The number of piperidine rings is 1. The maximum absolute atomic E-state index is 12.3. The zero-order valence-electron chi connectivity index (χ0n) is 18.3. The third-order valence-corrected chi connectivity index (χ3v) is 5.17. The van der Waals surface area contributed by atoms with Crippen molar-refractivity contribution in [2.75, 3.05) is 13.1 Å². The van der Waals surface area contributed by atoms with E-state index >= 15 is 0 Å². The monoisotopic (exact) mass is 438 g/mol. The molecule has 2 aromatic heterocycles. The Balaban J connectivity index is 1.48. The Morgan fingerprint density at radius 3 is 2.41 bits per heavy atom. The molecule has 3 heterocycles. The second-order valence-corrected chi connectivity index (χ2v) is 8.69. The Morgan fingerprint density at radius 2 is 1.78 bits per heavy atom. The molecule has 10 heteroatoms. The molecule has 0 unspecified atom stereocenters. The minimum atomic E-state index is -0.514. The number of carbonyl (C=O) groups is 2. The number of aromatic nitrogens is 4. The number of hydrogen-bond donors (Lipinski definition) is 1. The number of rotatable bonds is 4. The van der Waals surface area contributed by atoms with Crippen LogP contribution in [0, 0.1) is 0 Å². The van der Waals surface area contributed by atoms with E-state index in [1.54, 1.807) is 35.4 Å². The van der Waals surface area contributed by atoms with E-state index in [0.29, 0.717) is 41.3 Å². The highest BCUT2D eigenvalue weighted by Gasteiger charge is 2.29. The van der Waals surface area contributed by atoms with Crippen LogP contribution < -0.4 is 10.5 Å². The third-order valence-electron chi connectivity index (χ3n) is 5.17. The van der Waals surface area contributed by atoms with Crippen LogP contribution >= 0.6 is 0 Å². The van der Waals surface area contributed by atoms with E-state index < -0.39 is 11.5 Å². The molecular formula is C22H26N6O4. The van der Waals surface area contributed by atoms with Gasteiger partial charge in [0, 0.05) is 18.7 Å². The first-order valence-electron chi connectivity index (χ1n) is 10.4. The predicted molar refractivity (Wildman–Crippen MR) is 116 cm³/mol. The summed E-state index contributed by atoms with van der Waals surface area (Å²) in [6.45, 7) is 6.75. The topological polar surface area (TPSA) is 125 Å². The second-order valence-electron chi connectivity index (χ2n) is 8.69. The Kier molecular flexibility index (Phi) is 5.68. The van der Waals surface area contributed by atoms with Gasteiger partial charge in [0.2, 0.25) is 11.8 Å². The van der Waals surface area contributed by atoms with Gasteiger partial charge in [-0.3, -0.25) is 4.79 Å². The van der Waals surface area contributed by atoms with Gasteiger partial charge in [-0.1, -0.05) is 0 Å². The first-order chi connectivity index (χ1) is 15.2. The van der Waals surface area contributed by atoms with Gasteiger partial charge in [0.25, 0.3) is 0 Å². The Morgan fingerprint density at radius 1 is 1.09 bits per heavy atom. The average molecular weight is 438 g/mol. The summed E-state index contributed by atoms with van der Waals surface area (Å²) in [6, 6.07) is 6.61. The summed E-state index contributed by atoms with van der Waals surface area (Å²) in [6.07, 6.45) is 4.31. The first kappa shape index (κ1) is 21.5. The van der Waals surface area contributed by atoms with Gasteiger partial charge in [-0.05, 0) is 57.9 Å². The Hall–Kier alpha value is -3.69. The van der Waals surface area contributed by atoms with Gasteiger partial charge in [-0.25, -0.2) is 19.4 Å². The van der Waals surface area contributed by atoms with E-state index in [1.165, 1.54) is 6.33 Å². The van der Waals surface area contributed by atoms with E-state index in [-0.39, 0.29) is 12.1 Å². The fraction of sp³-hybridized carbons (Fsp3) is 0.409. The number of benzene rings is 1. The highest BCUT2D eigenvalue weighted by Crippen LogP contribution is 2.31. The lowest BCUT2D eigenvalue weighted by Gasteiger charge is -2.33. The quantitative estimate of drug-likeness (QED) is 0.662. The van der Waals surface area contributed by atoms with E-state index in [1.807, 2.05) is 25.5 Å². The molecular weight excluding hydrogens is 412 g/mol. The molecule has 4 rings (SSSR count). The fourth-order valence-corrected chi connectivity index (χ4v) is 3.61. The minimum Gasteiger partial charge on any atom is -0.444 e. The molecule has 1 saturated heterocycles. The van der Waals surface area contributed by atoms with Crippen molar-refractivity contribution in [2.45, 2.75) is 45.3 Å². The summed E-state index contributed by atoms with van der Waals surface area (Å²) < 4.78 is 13.2. The lowest BCUT2D eigenvalue weighted by Crippen LogP contribution is -2.42. The summed E-state index contributed by atoms with van der Waals surface area (Å²) in [7, 11) is 0. The number of carbonyl (C=O) groups excluding carboxylic acids is 2. The molecule has 10 nitrogen and oxygen atoms in total. The molecule has 2 N–H and O–H groups in total. The summed E-state index contributed by atoms with van der Waals surface area (Å²) in [5.74, 6) is 0.396. The van der Waals surface area contributed by atoms with Crippen LogP contribution in [0.25, 0.3) is 11.0 Å². The first-order valence-corrected chi connectivity index (χ1v) is 10.4. The van der Waals surface area contributed by atoms with Gasteiger partial charge in [0.05, 0.1) is 12.2 Å². The van der Waals surface area contributed by atoms with Crippen LogP contribution in [0.3, 0.4) is 0 Å². The van der Waals surface area contributed by atoms with E-state index in [0.717, 1.165) is 12.8 Å². The van der Waals surface area contributed by atoms with E-state index in [9.17, 15) is 9.59 Å². The van der Waals surface area contributed by atoms with Crippen molar-refractivity contribution in [3.8, 4) is 11.6 Å². The summed E-state index contributed by atoms with van der Waals surface area (Å²) in [5.41, 5.74) is 5.83. The molecule has 32 heavy (non-hydrogen) atoms. The number of hydrogen-bond acceptors (Lipinski definition) is 7. The number of likely N-dealkylation sites (tertiary alicyclic amines) is 1. The van der Waals surface area contributed by atoms with Crippen molar-refractivity contribution in [1.29, 1.82) is 0 Å². The SMILES string of the molecule is CC(C)(C)OC(=O)N1CCC(n2ncc3c(Oc4ccc(C(N)=O)cc4)ncnc32)CC1. The number of primary amides is 1. The van der Waals surface area contributed by atoms with Gasteiger partial charge >= 0.3 is 6.09 Å². The molecule has 1 aliphatic heterocycles. The molecule has 1 aliphatic rings. The number of fused-ring (bicyclic) bond motifs is 1. The second kappa shape index (κ2) is 8.45. The van der Waals surface area contributed by atoms with E-state index in [4.69, 9.17) is 15.2 Å². The van der Waals surface area contributed by atoms with Gasteiger partial charge in [-0.15, -0.1) is 0 Å². The number of nitrogens with zero attached hydrogens (tertiary/aromatic N) is 5. The van der Waals surface area contributed by atoms with Crippen molar-refractivity contribution in [2.24, 2.45) is 5.73 Å². The Bertz CT molecular complexity index is 1130. The van der Waals surface area contributed by atoms with Crippen LogP contribution in [0.5, 0.6) is 11.6 Å². The highest BCUT2D eigenvalue weighted by molar-refractivity contribution is 5.92. The predicted octanol–water partition coefficient (Wildman–Crippen LogP) is 3.29. The fourth-order valence-electron chi connectivity index (χ4n) is 3.61.